The smallest absolute Gasteiger partial charge is 0.253 e. The minimum Gasteiger partial charge on any atom is -0.342 e. The van der Waals surface area contributed by atoms with Crippen LogP contribution in [0.4, 0.5) is 5.69 Å². The topological polar surface area (TPSA) is 88.9 Å². The van der Waals surface area contributed by atoms with Crippen molar-refractivity contribution in [3.05, 3.63) is 70.0 Å². The highest BCUT2D eigenvalue weighted by atomic mass is 35.5. The van der Waals surface area contributed by atoms with E-state index in [9.17, 15) is 9.59 Å². The summed E-state index contributed by atoms with van der Waals surface area (Å²) in [5, 5.41) is 16.0. The summed E-state index contributed by atoms with van der Waals surface area (Å²) >= 11 is 13.5. The third kappa shape index (κ3) is 6.98. The van der Waals surface area contributed by atoms with Gasteiger partial charge in [-0.2, -0.15) is 0 Å². The first-order valence-electron chi connectivity index (χ1n) is 10.9. The summed E-state index contributed by atoms with van der Waals surface area (Å²) in [7, 11) is 0. The zero-order chi connectivity index (χ0) is 24.7. The molecular formula is C24H27Cl2N5O2S. The van der Waals surface area contributed by atoms with Crippen LogP contribution in [0.1, 0.15) is 49.4 Å². The molecule has 1 heterocycles. The van der Waals surface area contributed by atoms with E-state index in [4.69, 9.17) is 23.2 Å². The number of carbonyl (C=O) groups excluding carboxylic acids is 2. The van der Waals surface area contributed by atoms with Gasteiger partial charge in [-0.3, -0.25) is 9.59 Å². The second kappa shape index (κ2) is 12.2. The molecule has 10 heteroatoms. The van der Waals surface area contributed by atoms with Gasteiger partial charge in [0.15, 0.2) is 11.0 Å². The maximum absolute atomic E-state index is 13.0. The molecule has 1 aromatic heterocycles. The van der Waals surface area contributed by atoms with Crippen molar-refractivity contribution in [3.8, 4) is 0 Å². The summed E-state index contributed by atoms with van der Waals surface area (Å²) in [6.45, 7) is 6.72. The number of hydrogen-bond acceptors (Lipinski definition) is 5. The van der Waals surface area contributed by atoms with Crippen molar-refractivity contribution in [1.29, 1.82) is 0 Å². The SMILES string of the molecule is CCn1c(SCC(=O)Nc2ccccc2)nnc1[C@H](CC(C)C)NC(=O)c1ccc(Cl)cc1Cl. The number of thioether (sulfide) groups is 1. The number of rotatable bonds is 10. The van der Waals surface area contributed by atoms with Crippen LogP contribution in [0.25, 0.3) is 0 Å². The maximum Gasteiger partial charge on any atom is 0.253 e. The van der Waals surface area contributed by atoms with Crippen LogP contribution in [0.2, 0.25) is 10.0 Å². The van der Waals surface area contributed by atoms with Crippen molar-refractivity contribution in [2.45, 2.75) is 44.9 Å². The van der Waals surface area contributed by atoms with E-state index >= 15 is 0 Å². The Kier molecular flexibility index (Phi) is 9.38. The molecule has 2 N–H and O–H groups in total. The number of amides is 2. The molecule has 0 bridgehead atoms. The van der Waals surface area contributed by atoms with E-state index in [0.29, 0.717) is 40.5 Å². The minimum absolute atomic E-state index is 0.132. The van der Waals surface area contributed by atoms with Crippen LogP contribution in [0.5, 0.6) is 0 Å². The molecule has 0 aliphatic heterocycles. The van der Waals surface area contributed by atoms with Crippen LogP contribution in [0.3, 0.4) is 0 Å². The summed E-state index contributed by atoms with van der Waals surface area (Å²) in [6.07, 6.45) is 0.661. The fourth-order valence-electron chi connectivity index (χ4n) is 3.42. The summed E-state index contributed by atoms with van der Waals surface area (Å²) in [4.78, 5) is 25.3. The normalized spacial score (nSPS) is 11.9. The van der Waals surface area contributed by atoms with Gasteiger partial charge in [0.05, 0.1) is 22.4 Å². The monoisotopic (exact) mass is 519 g/mol. The Morgan fingerprint density at radius 1 is 1.09 bits per heavy atom. The fraction of sp³-hybridized carbons (Fsp3) is 0.333. The molecule has 3 rings (SSSR count). The number of carbonyl (C=O) groups is 2. The average Bonchev–Trinajstić information content (AvgIpc) is 3.20. The highest BCUT2D eigenvalue weighted by molar-refractivity contribution is 7.99. The van der Waals surface area contributed by atoms with E-state index in [1.807, 2.05) is 41.8 Å². The molecule has 0 aliphatic rings. The van der Waals surface area contributed by atoms with Gasteiger partial charge in [-0.05, 0) is 49.6 Å². The first kappa shape index (κ1) is 26.1. The largest absolute Gasteiger partial charge is 0.342 e. The third-order valence-electron chi connectivity index (χ3n) is 4.95. The van der Waals surface area contributed by atoms with E-state index in [2.05, 4.69) is 34.7 Å². The quantitative estimate of drug-likeness (QED) is 0.327. The van der Waals surface area contributed by atoms with Crippen molar-refractivity contribution >= 4 is 52.5 Å². The first-order valence-corrected chi connectivity index (χ1v) is 12.7. The number of halogens is 2. The summed E-state index contributed by atoms with van der Waals surface area (Å²) in [5.74, 6) is 0.679. The van der Waals surface area contributed by atoms with Crippen LogP contribution < -0.4 is 10.6 Å². The lowest BCUT2D eigenvalue weighted by atomic mass is 10.0. The highest BCUT2D eigenvalue weighted by Crippen LogP contribution is 2.27. The lowest BCUT2D eigenvalue weighted by Crippen LogP contribution is -2.31. The number of anilines is 1. The second-order valence-electron chi connectivity index (χ2n) is 8.07. The van der Waals surface area contributed by atoms with E-state index < -0.39 is 0 Å². The van der Waals surface area contributed by atoms with E-state index in [1.54, 1.807) is 18.2 Å². The Hall–Kier alpha value is -2.55. The average molecular weight is 520 g/mol. The van der Waals surface area contributed by atoms with Gasteiger partial charge in [0.1, 0.15) is 0 Å². The molecular weight excluding hydrogens is 493 g/mol. The van der Waals surface area contributed by atoms with Crippen molar-refractivity contribution in [2.75, 3.05) is 11.1 Å². The molecule has 2 aromatic carbocycles. The maximum atomic E-state index is 13.0. The molecule has 0 spiro atoms. The number of hydrogen-bond donors (Lipinski definition) is 2. The molecule has 34 heavy (non-hydrogen) atoms. The van der Waals surface area contributed by atoms with Crippen LogP contribution >= 0.6 is 35.0 Å². The van der Waals surface area contributed by atoms with E-state index in [0.717, 1.165) is 5.69 Å². The lowest BCUT2D eigenvalue weighted by molar-refractivity contribution is -0.113. The number of nitrogens with one attached hydrogen (secondary N) is 2. The Morgan fingerprint density at radius 2 is 1.82 bits per heavy atom. The standard InChI is InChI=1S/C24H27Cl2N5O2S/c1-4-31-22(29-30-24(31)34-14-21(32)27-17-8-6-5-7-9-17)20(12-15(2)3)28-23(33)18-11-10-16(25)13-19(18)26/h5-11,13,15,20H,4,12,14H2,1-3H3,(H,27,32)(H,28,33)/t20-/m0/s1. The van der Waals surface area contributed by atoms with Gasteiger partial charge in [0, 0.05) is 17.3 Å². The lowest BCUT2D eigenvalue weighted by Gasteiger charge is -2.21. The number of benzene rings is 2. The molecule has 0 radical (unpaired) electrons. The van der Waals surface area contributed by atoms with Gasteiger partial charge in [-0.1, -0.05) is 67.0 Å². The molecule has 0 saturated carbocycles. The summed E-state index contributed by atoms with van der Waals surface area (Å²) in [6, 6.07) is 13.7. The molecule has 0 fully saturated rings. The third-order valence-corrected chi connectivity index (χ3v) is 6.47. The molecule has 0 aliphatic carbocycles. The van der Waals surface area contributed by atoms with E-state index in [-0.39, 0.29) is 28.6 Å². The van der Waals surface area contributed by atoms with Gasteiger partial charge in [-0.25, -0.2) is 0 Å². The van der Waals surface area contributed by atoms with Crippen LogP contribution in [-0.4, -0.2) is 32.3 Å². The second-order valence-corrected chi connectivity index (χ2v) is 9.85. The zero-order valence-electron chi connectivity index (χ0n) is 19.2. The Labute approximate surface area is 213 Å². The predicted molar refractivity (Wildman–Crippen MR) is 138 cm³/mol. The van der Waals surface area contributed by atoms with Crippen LogP contribution in [0, 0.1) is 5.92 Å². The van der Waals surface area contributed by atoms with Crippen molar-refractivity contribution < 1.29 is 9.59 Å². The molecule has 180 valence electrons. The summed E-state index contributed by atoms with van der Waals surface area (Å²) < 4.78 is 1.93. The number of nitrogens with zero attached hydrogens (tertiary/aromatic N) is 3. The van der Waals surface area contributed by atoms with Crippen LogP contribution in [-0.2, 0) is 11.3 Å². The van der Waals surface area contributed by atoms with Crippen molar-refractivity contribution in [3.63, 3.8) is 0 Å². The molecule has 1 atom stereocenters. The van der Waals surface area contributed by atoms with Gasteiger partial charge >= 0.3 is 0 Å². The van der Waals surface area contributed by atoms with Crippen molar-refractivity contribution in [1.82, 2.24) is 20.1 Å². The predicted octanol–water partition coefficient (Wildman–Crippen LogP) is 5.85. The number of aromatic nitrogens is 3. The molecule has 0 saturated heterocycles. The zero-order valence-corrected chi connectivity index (χ0v) is 21.5. The highest BCUT2D eigenvalue weighted by Gasteiger charge is 2.25. The van der Waals surface area contributed by atoms with Crippen molar-refractivity contribution in [2.24, 2.45) is 5.92 Å². The van der Waals surface area contributed by atoms with Crippen LogP contribution in [0.15, 0.2) is 53.7 Å². The Bertz CT molecular complexity index is 1140. The Morgan fingerprint density at radius 3 is 2.47 bits per heavy atom. The number of para-hydroxylation sites is 1. The molecule has 2 amide bonds. The van der Waals surface area contributed by atoms with Gasteiger partial charge in [-0.15, -0.1) is 10.2 Å². The minimum atomic E-state index is -0.376. The first-order chi connectivity index (χ1) is 16.3. The fourth-order valence-corrected chi connectivity index (χ4v) is 4.72. The molecule has 0 unspecified atom stereocenters. The van der Waals surface area contributed by atoms with Gasteiger partial charge in [0.25, 0.3) is 5.91 Å². The molecule has 3 aromatic rings. The van der Waals surface area contributed by atoms with Gasteiger partial charge in [0.2, 0.25) is 5.91 Å². The Balaban J connectivity index is 1.75. The summed E-state index contributed by atoms with van der Waals surface area (Å²) in [5.41, 5.74) is 1.08. The van der Waals surface area contributed by atoms with Gasteiger partial charge < -0.3 is 15.2 Å². The molecule has 7 nitrogen and oxygen atoms in total. The van der Waals surface area contributed by atoms with E-state index in [1.165, 1.54) is 11.8 Å².